The van der Waals surface area contributed by atoms with Crippen LogP contribution in [0.2, 0.25) is 0 Å². The van der Waals surface area contributed by atoms with Crippen LogP contribution >= 0.6 is 24.0 Å². The van der Waals surface area contributed by atoms with Crippen molar-refractivity contribution in [1.29, 1.82) is 0 Å². The highest BCUT2D eigenvalue weighted by molar-refractivity contribution is 14.0. The Morgan fingerprint density at radius 2 is 2.07 bits per heavy atom. The molecule has 1 amide bonds. The molecule has 1 aromatic carbocycles. The molecule has 7 heteroatoms. The minimum Gasteiger partial charge on any atom is -0.376 e. The molecular weight excluding hydrogens is 455 g/mol. The van der Waals surface area contributed by atoms with Gasteiger partial charge in [-0.25, -0.2) is 4.99 Å². The van der Waals surface area contributed by atoms with Gasteiger partial charge >= 0.3 is 0 Å². The Morgan fingerprint density at radius 1 is 1.26 bits per heavy atom. The van der Waals surface area contributed by atoms with Crippen LogP contribution in [0.4, 0.5) is 0 Å². The van der Waals surface area contributed by atoms with Gasteiger partial charge in [-0.3, -0.25) is 4.79 Å². The molecule has 1 atom stereocenters. The lowest BCUT2D eigenvalue weighted by Crippen LogP contribution is -2.41. The molecule has 2 aliphatic rings. The molecule has 3 rings (SSSR count). The van der Waals surface area contributed by atoms with Gasteiger partial charge in [-0.05, 0) is 37.3 Å². The summed E-state index contributed by atoms with van der Waals surface area (Å²) in [6.45, 7) is 6.68. The van der Waals surface area contributed by atoms with Gasteiger partial charge in [-0.15, -0.1) is 24.0 Å². The van der Waals surface area contributed by atoms with Crippen LogP contribution in [0.5, 0.6) is 0 Å². The molecule has 2 fully saturated rings. The molecule has 150 valence electrons. The van der Waals surface area contributed by atoms with Gasteiger partial charge in [0.1, 0.15) is 0 Å². The summed E-state index contributed by atoms with van der Waals surface area (Å²) in [6, 6.07) is 8.27. The van der Waals surface area contributed by atoms with E-state index in [1.807, 2.05) is 17.0 Å². The highest BCUT2D eigenvalue weighted by Crippen LogP contribution is 2.18. The van der Waals surface area contributed by atoms with Crippen LogP contribution in [0.3, 0.4) is 0 Å². The molecule has 0 bridgehead atoms. The van der Waals surface area contributed by atoms with Crippen molar-refractivity contribution in [3.8, 4) is 0 Å². The van der Waals surface area contributed by atoms with Gasteiger partial charge in [0, 0.05) is 39.2 Å². The third-order valence-corrected chi connectivity index (χ3v) is 4.92. The molecule has 2 saturated heterocycles. The van der Waals surface area contributed by atoms with Crippen molar-refractivity contribution in [3.05, 3.63) is 35.4 Å². The summed E-state index contributed by atoms with van der Waals surface area (Å²) in [7, 11) is 0. The number of carbonyl (C=O) groups excluding carboxylic acids is 1. The number of guanidine groups is 1. The average molecular weight is 486 g/mol. The lowest BCUT2D eigenvalue weighted by molar-refractivity contribution is -0.128. The van der Waals surface area contributed by atoms with Gasteiger partial charge in [0.05, 0.1) is 12.6 Å². The Hall–Kier alpha value is -1.35. The van der Waals surface area contributed by atoms with Crippen LogP contribution in [-0.2, 0) is 22.6 Å². The van der Waals surface area contributed by atoms with E-state index < -0.39 is 0 Å². The van der Waals surface area contributed by atoms with Crippen LogP contribution in [-0.4, -0.2) is 49.1 Å². The van der Waals surface area contributed by atoms with Crippen molar-refractivity contribution >= 4 is 35.8 Å². The van der Waals surface area contributed by atoms with Crippen LogP contribution in [0.25, 0.3) is 0 Å². The van der Waals surface area contributed by atoms with E-state index in [1.165, 1.54) is 11.1 Å². The molecule has 0 saturated carbocycles. The van der Waals surface area contributed by atoms with Gasteiger partial charge in [0.2, 0.25) is 5.91 Å². The van der Waals surface area contributed by atoms with Crippen LogP contribution in [0.1, 0.15) is 43.7 Å². The lowest BCUT2D eigenvalue weighted by atomic mass is 10.1. The molecule has 0 spiro atoms. The average Bonchev–Trinajstić information content (AvgIpc) is 3.31. The fourth-order valence-electron chi connectivity index (χ4n) is 3.46. The first-order valence-corrected chi connectivity index (χ1v) is 9.74. The summed E-state index contributed by atoms with van der Waals surface area (Å²) in [6.07, 6.45) is 4.18. The van der Waals surface area contributed by atoms with Crippen LogP contribution in [0.15, 0.2) is 29.3 Å². The van der Waals surface area contributed by atoms with Gasteiger partial charge in [0.25, 0.3) is 0 Å². The fraction of sp³-hybridized carbons (Fsp3) is 0.600. The molecule has 0 radical (unpaired) electrons. The Balaban J connectivity index is 0.00000261. The Kier molecular flexibility index (Phi) is 9.33. The van der Waals surface area contributed by atoms with Crippen molar-refractivity contribution in [1.82, 2.24) is 15.5 Å². The minimum atomic E-state index is 0. The van der Waals surface area contributed by atoms with Gasteiger partial charge in [-0.2, -0.15) is 0 Å². The number of carbonyl (C=O) groups is 1. The maximum absolute atomic E-state index is 11.9. The van der Waals surface area contributed by atoms with Crippen LogP contribution in [0, 0.1) is 0 Å². The van der Waals surface area contributed by atoms with Crippen molar-refractivity contribution in [3.63, 3.8) is 0 Å². The number of likely N-dealkylation sites (tertiary alicyclic amines) is 1. The zero-order chi connectivity index (χ0) is 18.2. The maximum atomic E-state index is 11.9. The smallest absolute Gasteiger partial charge is 0.222 e. The van der Waals surface area contributed by atoms with Gasteiger partial charge in [-0.1, -0.05) is 24.3 Å². The van der Waals surface area contributed by atoms with E-state index in [-0.39, 0.29) is 36.0 Å². The highest BCUT2D eigenvalue weighted by atomic mass is 127. The topological polar surface area (TPSA) is 66.0 Å². The van der Waals surface area contributed by atoms with Crippen LogP contribution < -0.4 is 10.6 Å². The van der Waals surface area contributed by atoms with E-state index >= 15 is 0 Å². The number of hydrogen-bond acceptors (Lipinski definition) is 3. The fourth-order valence-corrected chi connectivity index (χ4v) is 3.46. The zero-order valence-electron chi connectivity index (χ0n) is 16.1. The number of nitrogens with one attached hydrogen (secondary N) is 2. The van der Waals surface area contributed by atoms with Crippen molar-refractivity contribution in [2.24, 2.45) is 4.99 Å². The zero-order valence-corrected chi connectivity index (χ0v) is 18.4. The molecule has 2 aliphatic heterocycles. The number of amides is 1. The maximum Gasteiger partial charge on any atom is 0.222 e. The Morgan fingerprint density at radius 3 is 2.74 bits per heavy atom. The second kappa shape index (κ2) is 11.5. The van der Waals surface area contributed by atoms with E-state index in [4.69, 9.17) is 9.73 Å². The number of ether oxygens (including phenoxy) is 1. The van der Waals surface area contributed by atoms with Gasteiger partial charge in [0.15, 0.2) is 5.96 Å². The quantitative estimate of drug-likeness (QED) is 0.354. The standard InChI is InChI=1S/C20H30N4O2.HI/c1-2-21-20(23-14-18-9-6-12-26-18)22-13-16-7-3-4-8-17(16)15-24-11-5-10-19(24)25;/h3-4,7-8,18H,2,5-6,9-15H2,1H3,(H2,21,22,23);1H. The lowest BCUT2D eigenvalue weighted by Gasteiger charge is -2.18. The Labute approximate surface area is 179 Å². The molecule has 1 unspecified atom stereocenters. The SMILES string of the molecule is CCNC(=NCc1ccccc1CN1CCCC1=O)NCC1CCCO1.I. The van der Waals surface area contributed by atoms with Gasteiger partial charge < -0.3 is 20.3 Å². The second-order valence-corrected chi connectivity index (χ2v) is 6.90. The molecule has 27 heavy (non-hydrogen) atoms. The second-order valence-electron chi connectivity index (χ2n) is 6.90. The minimum absolute atomic E-state index is 0. The summed E-state index contributed by atoms with van der Waals surface area (Å²) in [5, 5.41) is 6.68. The third kappa shape index (κ3) is 6.64. The molecule has 1 aromatic rings. The number of rotatable bonds is 7. The number of nitrogens with zero attached hydrogens (tertiary/aromatic N) is 2. The van der Waals surface area contributed by atoms with E-state index in [1.54, 1.807) is 0 Å². The summed E-state index contributed by atoms with van der Waals surface area (Å²) >= 11 is 0. The number of hydrogen-bond donors (Lipinski definition) is 2. The monoisotopic (exact) mass is 486 g/mol. The first kappa shape index (κ1) is 21.9. The van der Waals surface area contributed by atoms with Crippen molar-refractivity contribution in [2.45, 2.75) is 51.8 Å². The molecule has 6 nitrogen and oxygen atoms in total. The van der Waals surface area contributed by atoms with E-state index in [0.717, 1.165) is 51.5 Å². The largest absolute Gasteiger partial charge is 0.376 e. The third-order valence-electron chi connectivity index (χ3n) is 4.92. The summed E-state index contributed by atoms with van der Waals surface area (Å²) in [5.41, 5.74) is 2.35. The van der Waals surface area contributed by atoms with E-state index in [2.05, 4.69) is 29.7 Å². The first-order chi connectivity index (χ1) is 12.8. The van der Waals surface area contributed by atoms with E-state index in [9.17, 15) is 4.79 Å². The molecule has 2 heterocycles. The molecule has 2 N–H and O–H groups in total. The summed E-state index contributed by atoms with van der Waals surface area (Å²) in [5.74, 6) is 1.07. The molecule has 0 aliphatic carbocycles. The number of benzene rings is 1. The summed E-state index contributed by atoms with van der Waals surface area (Å²) in [4.78, 5) is 18.6. The molecule has 0 aromatic heterocycles. The molecular formula is C20H31IN4O2. The first-order valence-electron chi connectivity index (χ1n) is 9.74. The predicted octanol–water partition coefficient (Wildman–Crippen LogP) is 2.66. The normalized spacial score (nSPS) is 19.9. The van der Waals surface area contributed by atoms with Crippen molar-refractivity contribution < 1.29 is 9.53 Å². The van der Waals surface area contributed by atoms with Crippen molar-refractivity contribution in [2.75, 3.05) is 26.2 Å². The number of aliphatic imine (C=N–C) groups is 1. The van der Waals surface area contributed by atoms with E-state index in [0.29, 0.717) is 19.5 Å². The predicted molar refractivity (Wildman–Crippen MR) is 118 cm³/mol. The highest BCUT2D eigenvalue weighted by Gasteiger charge is 2.21. The Bertz CT molecular complexity index is 632. The summed E-state index contributed by atoms with van der Waals surface area (Å²) < 4.78 is 5.67. The number of halogens is 1.